The van der Waals surface area contributed by atoms with Crippen molar-refractivity contribution in [2.24, 2.45) is 0 Å². The molecular weight excluding hydrogens is 805 g/mol. The van der Waals surface area contributed by atoms with Crippen LogP contribution in [0.4, 0.5) is 0 Å². The fourth-order valence-electron chi connectivity index (χ4n) is 6.02. The maximum atomic E-state index is 12.8. The summed E-state index contributed by atoms with van der Waals surface area (Å²) in [6.45, 7) is 6.13. The zero-order chi connectivity index (χ0) is 47.2. The van der Waals surface area contributed by atoms with Crippen molar-refractivity contribution in [3.05, 3.63) is 158 Å². The van der Waals surface area contributed by atoms with E-state index in [9.17, 15) is 14.4 Å². The Morgan fingerprint density at radius 2 is 0.631 bits per heavy atom. The maximum Gasteiger partial charge on any atom is 0.306 e. The van der Waals surface area contributed by atoms with E-state index in [1.165, 1.54) is 0 Å². The highest BCUT2D eigenvalue weighted by Gasteiger charge is 2.19. The molecule has 0 heterocycles. The Morgan fingerprint density at radius 1 is 0.323 bits per heavy atom. The van der Waals surface area contributed by atoms with E-state index in [0.29, 0.717) is 19.3 Å². The highest BCUT2D eigenvalue weighted by molar-refractivity contribution is 5.71. The summed E-state index contributed by atoms with van der Waals surface area (Å²) in [4.78, 5) is 38.0. The van der Waals surface area contributed by atoms with Gasteiger partial charge in [-0.3, -0.25) is 14.4 Å². The largest absolute Gasteiger partial charge is 0.462 e. The molecule has 0 aromatic heterocycles. The van der Waals surface area contributed by atoms with Crippen LogP contribution in [0.15, 0.2) is 158 Å². The van der Waals surface area contributed by atoms with Crippen molar-refractivity contribution >= 4 is 17.9 Å². The number of ether oxygens (including phenoxy) is 3. The molecule has 6 nitrogen and oxygen atoms in total. The third-order valence-corrected chi connectivity index (χ3v) is 9.70. The minimum atomic E-state index is -0.830. The summed E-state index contributed by atoms with van der Waals surface area (Å²) in [5.41, 5.74) is 0. The summed E-state index contributed by atoms with van der Waals surface area (Å²) in [6.07, 6.45) is 75.1. The van der Waals surface area contributed by atoms with Crippen LogP contribution in [0.5, 0.6) is 0 Å². The van der Waals surface area contributed by atoms with Crippen LogP contribution in [0.25, 0.3) is 0 Å². The molecule has 0 spiro atoms. The molecule has 0 amide bonds. The van der Waals surface area contributed by atoms with Crippen LogP contribution in [0.2, 0.25) is 0 Å². The lowest BCUT2D eigenvalue weighted by Crippen LogP contribution is -2.30. The van der Waals surface area contributed by atoms with Crippen LogP contribution >= 0.6 is 0 Å². The molecule has 0 aliphatic rings. The molecule has 0 aliphatic heterocycles. The Balaban J connectivity index is 4.59. The Kier molecular flexibility index (Phi) is 47.7. The lowest BCUT2D eigenvalue weighted by molar-refractivity contribution is -0.167. The zero-order valence-corrected chi connectivity index (χ0v) is 40.9. The molecule has 0 saturated carbocycles. The molecule has 0 aliphatic carbocycles. The molecule has 65 heavy (non-hydrogen) atoms. The third-order valence-electron chi connectivity index (χ3n) is 9.70. The number of esters is 3. The summed E-state index contributed by atoms with van der Waals surface area (Å²) < 4.78 is 16.7. The molecule has 0 saturated heterocycles. The summed E-state index contributed by atoms with van der Waals surface area (Å²) in [7, 11) is 0. The van der Waals surface area contributed by atoms with Crippen LogP contribution in [0.3, 0.4) is 0 Å². The lowest BCUT2D eigenvalue weighted by atomic mass is 10.1. The van der Waals surface area contributed by atoms with Gasteiger partial charge >= 0.3 is 17.9 Å². The second-order valence-electron chi connectivity index (χ2n) is 15.8. The van der Waals surface area contributed by atoms with E-state index in [0.717, 1.165) is 128 Å². The Hall–Kier alpha value is -4.97. The molecule has 0 bridgehead atoms. The molecule has 0 radical (unpaired) electrons. The van der Waals surface area contributed by atoms with Gasteiger partial charge in [-0.15, -0.1) is 0 Å². The molecule has 0 N–H and O–H groups in total. The highest BCUT2D eigenvalue weighted by Crippen LogP contribution is 2.11. The lowest BCUT2D eigenvalue weighted by Gasteiger charge is -2.18. The molecule has 0 aromatic rings. The molecule has 1 atom stereocenters. The van der Waals surface area contributed by atoms with E-state index in [4.69, 9.17) is 14.2 Å². The molecule has 1 unspecified atom stereocenters. The quantitative estimate of drug-likeness (QED) is 0.0200. The molecule has 6 heteroatoms. The van der Waals surface area contributed by atoms with Crippen molar-refractivity contribution in [3.63, 3.8) is 0 Å². The van der Waals surface area contributed by atoms with Crippen molar-refractivity contribution < 1.29 is 28.6 Å². The molecular formula is C59H88O6. The first-order chi connectivity index (χ1) is 32.0. The van der Waals surface area contributed by atoms with Gasteiger partial charge in [0.05, 0.1) is 0 Å². The van der Waals surface area contributed by atoms with Gasteiger partial charge in [0.2, 0.25) is 0 Å². The predicted molar refractivity (Wildman–Crippen MR) is 278 cm³/mol. The van der Waals surface area contributed by atoms with Crippen molar-refractivity contribution in [1.82, 2.24) is 0 Å². The summed E-state index contributed by atoms with van der Waals surface area (Å²) >= 11 is 0. The van der Waals surface area contributed by atoms with Gasteiger partial charge in [-0.2, -0.15) is 0 Å². The van der Waals surface area contributed by atoms with Gasteiger partial charge in [-0.25, -0.2) is 0 Å². The molecule has 0 fully saturated rings. The van der Waals surface area contributed by atoms with Gasteiger partial charge in [0.1, 0.15) is 13.2 Å². The molecule has 0 rings (SSSR count). The smallest absolute Gasteiger partial charge is 0.306 e. The average Bonchev–Trinajstić information content (AvgIpc) is 3.30. The Bertz CT molecular complexity index is 1540. The standard InChI is InChI=1S/C59H88O6/c1-4-7-10-13-16-19-22-25-27-28-29-30-32-34-37-40-43-46-49-52-58(61)64-55-56(54-63-57(60)51-48-45-42-39-36-33-24-21-18-15-12-9-6-3)65-59(62)53-50-47-44-41-38-35-31-26-23-20-17-14-11-8-5-2/h7-12,14-21,23-27,29-31,34-35,37-38,56H,4-6,13,22,28,32-33,36,39-55H2,1-3H3/b10-7-,11-8-,12-9-,17-14-,18-15-,19-16-,23-20-,24-21-,27-25-,30-29-,31-26-,37-34-,38-35-. The second kappa shape index (κ2) is 51.7. The number of hydrogen-bond acceptors (Lipinski definition) is 6. The summed E-state index contributed by atoms with van der Waals surface area (Å²) in [5, 5.41) is 0. The number of rotatable bonds is 42. The summed E-state index contributed by atoms with van der Waals surface area (Å²) in [5.74, 6) is -1.04. The topological polar surface area (TPSA) is 78.9 Å². The predicted octanol–water partition coefficient (Wildman–Crippen LogP) is 16.6. The van der Waals surface area contributed by atoms with Crippen LogP contribution in [-0.4, -0.2) is 37.2 Å². The molecule has 0 aromatic carbocycles. The number of allylic oxidation sites excluding steroid dienone is 26. The van der Waals surface area contributed by atoms with Gasteiger partial charge < -0.3 is 14.2 Å². The summed E-state index contributed by atoms with van der Waals surface area (Å²) in [6, 6.07) is 0. The SMILES string of the molecule is CC\C=C/C=C\C=C/C=C\C=C/CCCCCC(=O)OC(COC(=O)CCCCC/C=C\C/C=C\C/C=C\C/C=C\C/C=C\CC)COC(=O)CCCCCCC\C=C/C=C\C=C/CC. The Morgan fingerprint density at radius 3 is 1.06 bits per heavy atom. The number of carbonyl (C=O) groups is 3. The maximum absolute atomic E-state index is 12.8. The highest BCUT2D eigenvalue weighted by atomic mass is 16.6. The van der Waals surface area contributed by atoms with E-state index in [1.807, 2.05) is 54.7 Å². The van der Waals surface area contributed by atoms with Crippen molar-refractivity contribution in [2.45, 2.75) is 181 Å². The molecule has 360 valence electrons. The second-order valence-corrected chi connectivity index (χ2v) is 15.8. The van der Waals surface area contributed by atoms with Crippen molar-refractivity contribution in [2.75, 3.05) is 13.2 Å². The van der Waals surface area contributed by atoms with Crippen molar-refractivity contribution in [1.29, 1.82) is 0 Å². The van der Waals surface area contributed by atoms with E-state index >= 15 is 0 Å². The Labute approximate surface area is 397 Å². The number of hydrogen-bond donors (Lipinski definition) is 0. The fraction of sp³-hybridized carbons (Fsp3) is 0.508. The van der Waals surface area contributed by atoms with E-state index in [-0.39, 0.29) is 37.5 Å². The average molecular weight is 893 g/mol. The normalized spacial score (nSPS) is 13.5. The van der Waals surface area contributed by atoms with Crippen LogP contribution in [-0.2, 0) is 28.6 Å². The minimum Gasteiger partial charge on any atom is -0.462 e. The van der Waals surface area contributed by atoms with E-state index < -0.39 is 6.10 Å². The van der Waals surface area contributed by atoms with Crippen LogP contribution in [0.1, 0.15) is 175 Å². The van der Waals surface area contributed by atoms with Crippen molar-refractivity contribution in [3.8, 4) is 0 Å². The van der Waals surface area contributed by atoms with E-state index in [1.54, 1.807) is 0 Å². The van der Waals surface area contributed by atoms with Gasteiger partial charge in [0.15, 0.2) is 6.10 Å². The first-order valence-electron chi connectivity index (χ1n) is 25.1. The minimum absolute atomic E-state index is 0.125. The third kappa shape index (κ3) is 49.9. The van der Waals surface area contributed by atoms with Gasteiger partial charge in [0.25, 0.3) is 0 Å². The number of carbonyl (C=O) groups excluding carboxylic acids is 3. The van der Waals surface area contributed by atoms with E-state index in [2.05, 4.69) is 124 Å². The first-order valence-corrected chi connectivity index (χ1v) is 25.1. The van der Waals surface area contributed by atoms with Crippen LogP contribution < -0.4 is 0 Å². The van der Waals surface area contributed by atoms with Gasteiger partial charge in [-0.05, 0) is 103 Å². The van der Waals surface area contributed by atoms with Gasteiger partial charge in [-0.1, -0.05) is 211 Å². The zero-order valence-electron chi connectivity index (χ0n) is 40.9. The number of unbranched alkanes of at least 4 members (excludes halogenated alkanes) is 11. The first kappa shape index (κ1) is 60.0. The fourth-order valence-corrected chi connectivity index (χ4v) is 6.02. The van der Waals surface area contributed by atoms with Gasteiger partial charge in [0, 0.05) is 19.3 Å². The van der Waals surface area contributed by atoms with Crippen LogP contribution in [0, 0.1) is 0 Å². The monoisotopic (exact) mass is 893 g/mol.